The van der Waals surface area contributed by atoms with Crippen LogP contribution in [-0.4, -0.2) is 5.11 Å². The van der Waals surface area contributed by atoms with Gasteiger partial charge in [0.25, 0.3) is 0 Å². The van der Waals surface area contributed by atoms with Crippen molar-refractivity contribution in [1.82, 2.24) is 0 Å². The standard InChI is InChI=1S/C20H20OS/c1-20(2,3)15-9-11-16(12-10-15)22-19-17-7-5-4-6-14(17)8-13-18(19)21/h4-13,21H,1-3H3. The highest BCUT2D eigenvalue weighted by Gasteiger charge is 2.14. The summed E-state index contributed by atoms with van der Waals surface area (Å²) >= 11 is 1.61. The van der Waals surface area contributed by atoms with Crippen molar-refractivity contribution in [2.45, 2.75) is 36.0 Å². The van der Waals surface area contributed by atoms with Gasteiger partial charge in [0.05, 0.1) is 4.90 Å². The van der Waals surface area contributed by atoms with Crippen LogP contribution in [0.5, 0.6) is 5.75 Å². The van der Waals surface area contributed by atoms with Gasteiger partial charge in [-0.25, -0.2) is 0 Å². The van der Waals surface area contributed by atoms with Gasteiger partial charge in [-0.15, -0.1) is 0 Å². The van der Waals surface area contributed by atoms with E-state index in [4.69, 9.17) is 0 Å². The molecule has 0 amide bonds. The minimum atomic E-state index is 0.158. The molecule has 0 aliphatic heterocycles. The smallest absolute Gasteiger partial charge is 0.130 e. The fourth-order valence-corrected chi connectivity index (χ4v) is 3.46. The largest absolute Gasteiger partial charge is 0.507 e. The van der Waals surface area contributed by atoms with Crippen molar-refractivity contribution >= 4 is 22.5 Å². The van der Waals surface area contributed by atoms with Crippen molar-refractivity contribution in [3.8, 4) is 5.75 Å². The zero-order valence-corrected chi connectivity index (χ0v) is 13.9. The molecule has 0 aliphatic rings. The summed E-state index contributed by atoms with van der Waals surface area (Å²) in [5, 5.41) is 12.5. The van der Waals surface area contributed by atoms with Gasteiger partial charge >= 0.3 is 0 Å². The monoisotopic (exact) mass is 308 g/mol. The average molecular weight is 308 g/mol. The van der Waals surface area contributed by atoms with Gasteiger partial charge in [0.2, 0.25) is 0 Å². The van der Waals surface area contributed by atoms with E-state index in [1.54, 1.807) is 17.8 Å². The zero-order chi connectivity index (χ0) is 15.7. The molecule has 1 N–H and O–H groups in total. The number of fused-ring (bicyclic) bond motifs is 1. The quantitative estimate of drug-likeness (QED) is 0.627. The van der Waals surface area contributed by atoms with Crippen molar-refractivity contribution in [2.24, 2.45) is 0 Å². The first-order valence-electron chi connectivity index (χ1n) is 7.44. The van der Waals surface area contributed by atoms with Crippen LogP contribution >= 0.6 is 11.8 Å². The van der Waals surface area contributed by atoms with Gasteiger partial charge in [0.1, 0.15) is 5.75 Å². The molecule has 2 heteroatoms. The lowest BCUT2D eigenvalue weighted by atomic mass is 9.87. The Hall–Kier alpha value is -1.93. The SMILES string of the molecule is CC(C)(C)c1ccc(Sc2c(O)ccc3ccccc23)cc1. The van der Waals surface area contributed by atoms with Crippen molar-refractivity contribution in [2.75, 3.05) is 0 Å². The molecule has 0 atom stereocenters. The first kappa shape index (κ1) is 15.0. The Morgan fingerprint density at radius 3 is 2.18 bits per heavy atom. The van der Waals surface area contributed by atoms with Crippen LogP contribution in [0.4, 0.5) is 0 Å². The molecule has 3 aromatic rings. The highest BCUT2D eigenvalue weighted by molar-refractivity contribution is 7.99. The van der Waals surface area contributed by atoms with Crippen molar-refractivity contribution < 1.29 is 5.11 Å². The Kier molecular flexibility index (Phi) is 3.88. The van der Waals surface area contributed by atoms with E-state index < -0.39 is 0 Å². The second kappa shape index (κ2) is 5.69. The summed E-state index contributed by atoms with van der Waals surface area (Å²) in [7, 11) is 0. The fraction of sp³-hybridized carbons (Fsp3) is 0.200. The van der Waals surface area contributed by atoms with Crippen LogP contribution in [0.25, 0.3) is 10.8 Å². The number of rotatable bonds is 2. The van der Waals surface area contributed by atoms with E-state index >= 15 is 0 Å². The highest BCUT2D eigenvalue weighted by atomic mass is 32.2. The molecule has 0 heterocycles. The normalized spacial score (nSPS) is 11.8. The zero-order valence-electron chi connectivity index (χ0n) is 13.1. The van der Waals surface area contributed by atoms with Gasteiger partial charge in [0, 0.05) is 4.90 Å². The maximum Gasteiger partial charge on any atom is 0.130 e. The molecule has 3 rings (SSSR count). The molecule has 0 fully saturated rings. The number of phenols is 1. The molecule has 0 saturated heterocycles. The Morgan fingerprint density at radius 2 is 1.50 bits per heavy atom. The van der Waals surface area contributed by atoms with E-state index in [1.165, 1.54) is 5.56 Å². The fourth-order valence-electron chi connectivity index (χ4n) is 2.48. The summed E-state index contributed by atoms with van der Waals surface area (Å²) in [5.41, 5.74) is 1.48. The van der Waals surface area contributed by atoms with E-state index in [2.05, 4.69) is 57.2 Å². The second-order valence-electron chi connectivity index (χ2n) is 6.51. The summed E-state index contributed by atoms with van der Waals surface area (Å²) < 4.78 is 0. The molecule has 0 aromatic heterocycles. The number of hydrogen-bond donors (Lipinski definition) is 1. The molecule has 0 aliphatic carbocycles. The van der Waals surface area contributed by atoms with Crippen LogP contribution in [0.2, 0.25) is 0 Å². The first-order chi connectivity index (χ1) is 10.4. The molecule has 0 radical (unpaired) electrons. The van der Waals surface area contributed by atoms with Crippen LogP contribution in [0.1, 0.15) is 26.3 Å². The van der Waals surface area contributed by atoms with Crippen LogP contribution in [0.15, 0.2) is 70.5 Å². The lowest BCUT2D eigenvalue weighted by Gasteiger charge is -2.19. The summed E-state index contributed by atoms with van der Waals surface area (Å²) in [4.78, 5) is 2.06. The molecule has 0 unspecified atom stereocenters. The van der Waals surface area contributed by atoms with E-state index in [-0.39, 0.29) is 5.41 Å². The van der Waals surface area contributed by atoms with E-state index in [0.29, 0.717) is 5.75 Å². The molecular weight excluding hydrogens is 288 g/mol. The molecule has 0 bridgehead atoms. The molecule has 3 aromatic carbocycles. The van der Waals surface area contributed by atoms with Gasteiger partial charge in [-0.1, -0.05) is 75.0 Å². The molecule has 0 spiro atoms. The van der Waals surface area contributed by atoms with Crippen LogP contribution in [0.3, 0.4) is 0 Å². The van der Waals surface area contributed by atoms with Gasteiger partial charge < -0.3 is 5.11 Å². The van der Waals surface area contributed by atoms with Crippen LogP contribution in [0, 0.1) is 0 Å². The van der Waals surface area contributed by atoms with Crippen molar-refractivity contribution in [3.63, 3.8) is 0 Å². The van der Waals surface area contributed by atoms with E-state index in [9.17, 15) is 5.11 Å². The highest BCUT2D eigenvalue weighted by Crippen LogP contribution is 2.40. The minimum Gasteiger partial charge on any atom is -0.507 e. The van der Waals surface area contributed by atoms with Gasteiger partial charge in [0.15, 0.2) is 0 Å². The minimum absolute atomic E-state index is 0.158. The Bertz CT molecular complexity index is 798. The number of hydrogen-bond acceptors (Lipinski definition) is 2. The third-order valence-corrected chi connectivity index (χ3v) is 4.94. The molecule has 22 heavy (non-hydrogen) atoms. The van der Waals surface area contributed by atoms with Gasteiger partial charge in [-0.05, 0) is 39.9 Å². The molecular formula is C20H20OS. The van der Waals surface area contributed by atoms with E-state index in [0.717, 1.165) is 20.6 Å². The molecule has 1 nitrogen and oxygen atoms in total. The van der Waals surface area contributed by atoms with Gasteiger partial charge in [-0.2, -0.15) is 0 Å². The predicted octanol–water partition coefficient (Wildman–Crippen LogP) is 5.99. The predicted molar refractivity (Wildman–Crippen MR) is 94.9 cm³/mol. The third-order valence-electron chi connectivity index (χ3n) is 3.80. The average Bonchev–Trinajstić information content (AvgIpc) is 2.50. The number of benzene rings is 3. The maximum absolute atomic E-state index is 10.2. The van der Waals surface area contributed by atoms with Crippen LogP contribution in [-0.2, 0) is 5.41 Å². The first-order valence-corrected chi connectivity index (χ1v) is 8.26. The maximum atomic E-state index is 10.2. The summed E-state index contributed by atoms with van der Waals surface area (Å²) in [6, 6.07) is 20.5. The van der Waals surface area contributed by atoms with Crippen molar-refractivity contribution in [1.29, 1.82) is 0 Å². The molecule has 0 saturated carbocycles. The van der Waals surface area contributed by atoms with Gasteiger partial charge in [-0.3, -0.25) is 0 Å². The lowest BCUT2D eigenvalue weighted by Crippen LogP contribution is -2.10. The Morgan fingerprint density at radius 1 is 0.818 bits per heavy atom. The third kappa shape index (κ3) is 2.97. The molecule has 112 valence electrons. The summed E-state index contributed by atoms with van der Waals surface area (Å²) in [5.74, 6) is 0.337. The van der Waals surface area contributed by atoms with E-state index in [1.807, 2.05) is 18.2 Å². The van der Waals surface area contributed by atoms with Crippen molar-refractivity contribution in [3.05, 3.63) is 66.2 Å². The number of phenolic OH excluding ortho intramolecular Hbond substituents is 1. The lowest BCUT2D eigenvalue weighted by molar-refractivity contribution is 0.464. The summed E-state index contributed by atoms with van der Waals surface area (Å²) in [6.45, 7) is 6.64. The summed E-state index contributed by atoms with van der Waals surface area (Å²) in [6.07, 6.45) is 0. The van der Waals surface area contributed by atoms with Crippen LogP contribution < -0.4 is 0 Å². The second-order valence-corrected chi connectivity index (χ2v) is 7.60. The topological polar surface area (TPSA) is 20.2 Å². The number of aromatic hydroxyl groups is 1. The Labute approximate surface area is 136 Å². The Balaban J connectivity index is 1.98.